The molecule has 0 saturated heterocycles. The first-order chi connectivity index (χ1) is 15.0. The molecule has 0 fully saturated rings. The van der Waals surface area contributed by atoms with Gasteiger partial charge in [0.05, 0.1) is 29.4 Å². The molecule has 0 saturated carbocycles. The standard InChI is InChI=1S/C23H18ClN3O4/c1-31-20-12-5-3-10-18(20)25-21(28)14-26-19-11-4-2-9-17(19)22(29)27(23(26)30)16-8-6-7-15(24)13-16/h2-13H,14H2,1H3,(H,25,28). The molecule has 1 aromatic heterocycles. The van der Waals surface area contributed by atoms with Crippen molar-refractivity contribution in [3.63, 3.8) is 0 Å². The largest absolute Gasteiger partial charge is 0.495 e. The first-order valence-corrected chi connectivity index (χ1v) is 9.81. The fourth-order valence-corrected chi connectivity index (χ4v) is 3.58. The first kappa shape index (κ1) is 20.4. The Morgan fingerprint density at radius 1 is 1.00 bits per heavy atom. The number of amides is 1. The van der Waals surface area contributed by atoms with Gasteiger partial charge in [-0.3, -0.25) is 14.2 Å². The van der Waals surface area contributed by atoms with Crippen molar-refractivity contribution in [1.82, 2.24) is 9.13 Å². The second-order valence-electron chi connectivity index (χ2n) is 6.75. The molecule has 0 aliphatic rings. The molecule has 31 heavy (non-hydrogen) atoms. The summed E-state index contributed by atoms with van der Waals surface area (Å²) in [5.41, 5.74) is 0.0546. The van der Waals surface area contributed by atoms with E-state index in [0.717, 1.165) is 4.57 Å². The van der Waals surface area contributed by atoms with Gasteiger partial charge in [0.25, 0.3) is 5.56 Å². The summed E-state index contributed by atoms with van der Waals surface area (Å²) in [7, 11) is 1.50. The van der Waals surface area contributed by atoms with Crippen LogP contribution >= 0.6 is 11.6 Å². The molecule has 0 unspecified atom stereocenters. The van der Waals surface area contributed by atoms with Crippen molar-refractivity contribution in [3.05, 3.63) is 98.7 Å². The van der Waals surface area contributed by atoms with Gasteiger partial charge in [-0.05, 0) is 42.5 Å². The Kier molecular flexibility index (Phi) is 5.60. The van der Waals surface area contributed by atoms with Crippen LogP contribution in [0.3, 0.4) is 0 Å². The third-order valence-electron chi connectivity index (χ3n) is 4.80. The summed E-state index contributed by atoms with van der Waals surface area (Å²) < 4.78 is 7.54. The molecule has 3 aromatic carbocycles. The zero-order valence-electron chi connectivity index (χ0n) is 16.5. The lowest BCUT2D eigenvalue weighted by molar-refractivity contribution is -0.116. The molecule has 0 aliphatic carbocycles. The Morgan fingerprint density at radius 2 is 1.74 bits per heavy atom. The fraction of sp³-hybridized carbons (Fsp3) is 0.0870. The number of aromatic nitrogens is 2. The number of fused-ring (bicyclic) bond motifs is 1. The number of halogens is 1. The Morgan fingerprint density at radius 3 is 2.52 bits per heavy atom. The third-order valence-corrected chi connectivity index (χ3v) is 5.03. The van der Waals surface area contributed by atoms with Gasteiger partial charge in [0, 0.05) is 5.02 Å². The zero-order chi connectivity index (χ0) is 22.0. The van der Waals surface area contributed by atoms with Crippen LogP contribution < -0.4 is 21.3 Å². The predicted octanol–water partition coefficient (Wildman–Crippen LogP) is 3.45. The van der Waals surface area contributed by atoms with E-state index >= 15 is 0 Å². The van der Waals surface area contributed by atoms with E-state index in [1.165, 1.54) is 17.7 Å². The van der Waals surface area contributed by atoms with Gasteiger partial charge in [0.15, 0.2) is 0 Å². The number of hydrogen-bond acceptors (Lipinski definition) is 4. The van der Waals surface area contributed by atoms with Gasteiger partial charge < -0.3 is 10.1 Å². The molecule has 1 N–H and O–H groups in total. The van der Waals surface area contributed by atoms with Crippen LogP contribution in [0.15, 0.2) is 82.4 Å². The van der Waals surface area contributed by atoms with Gasteiger partial charge >= 0.3 is 5.69 Å². The zero-order valence-corrected chi connectivity index (χ0v) is 17.3. The highest BCUT2D eigenvalue weighted by Gasteiger charge is 2.17. The molecule has 7 nitrogen and oxygen atoms in total. The van der Waals surface area contributed by atoms with Crippen LogP contribution in [0, 0.1) is 0 Å². The Hall–Kier alpha value is -3.84. The lowest BCUT2D eigenvalue weighted by atomic mass is 10.2. The van der Waals surface area contributed by atoms with E-state index in [1.807, 2.05) is 0 Å². The summed E-state index contributed by atoms with van der Waals surface area (Å²) in [6, 6.07) is 20.1. The van der Waals surface area contributed by atoms with Gasteiger partial charge in [-0.15, -0.1) is 0 Å². The summed E-state index contributed by atoms with van der Waals surface area (Å²) in [5, 5.41) is 3.45. The van der Waals surface area contributed by atoms with Crippen molar-refractivity contribution in [1.29, 1.82) is 0 Å². The molecule has 0 spiro atoms. The molecule has 0 radical (unpaired) electrons. The van der Waals surface area contributed by atoms with Crippen LogP contribution in [0.4, 0.5) is 5.69 Å². The molecule has 0 atom stereocenters. The van der Waals surface area contributed by atoms with Gasteiger partial charge in [-0.2, -0.15) is 0 Å². The van der Waals surface area contributed by atoms with Crippen molar-refractivity contribution in [3.8, 4) is 11.4 Å². The number of hydrogen-bond donors (Lipinski definition) is 1. The van der Waals surface area contributed by atoms with Gasteiger partial charge in [-0.25, -0.2) is 9.36 Å². The van der Waals surface area contributed by atoms with E-state index in [9.17, 15) is 14.4 Å². The van der Waals surface area contributed by atoms with Crippen LogP contribution in [0.2, 0.25) is 5.02 Å². The smallest absolute Gasteiger partial charge is 0.336 e. The summed E-state index contributed by atoms with van der Waals surface area (Å²) in [4.78, 5) is 39.2. The van der Waals surface area contributed by atoms with Crippen molar-refractivity contribution in [2.24, 2.45) is 0 Å². The number of anilines is 1. The Balaban J connectivity index is 1.83. The number of nitrogens with zero attached hydrogens (tertiary/aromatic N) is 2. The molecule has 0 aliphatic heterocycles. The van der Waals surface area contributed by atoms with E-state index < -0.39 is 17.2 Å². The van der Waals surface area contributed by atoms with Gasteiger partial charge in [-0.1, -0.05) is 41.9 Å². The second kappa shape index (κ2) is 8.49. The molecule has 4 aromatic rings. The molecule has 156 valence electrons. The summed E-state index contributed by atoms with van der Waals surface area (Å²) in [5.74, 6) is 0.0602. The number of rotatable bonds is 5. The minimum Gasteiger partial charge on any atom is -0.495 e. The maximum Gasteiger partial charge on any atom is 0.336 e. The van der Waals surface area contributed by atoms with E-state index in [0.29, 0.717) is 33.0 Å². The van der Waals surface area contributed by atoms with Gasteiger partial charge in [0.2, 0.25) is 5.91 Å². The lowest BCUT2D eigenvalue weighted by Gasteiger charge is -2.15. The molecular weight excluding hydrogens is 418 g/mol. The minimum absolute atomic E-state index is 0.293. The highest BCUT2D eigenvalue weighted by molar-refractivity contribution is 6.30. The third kappa shape index (κ3) is 3.95. The van der Waals surface area contributed by atoms with Crippen molar-refractivity contribution < 1.29 is 9.53 Å². The number of ether oxygens (including phenoxy) is 1. The highest BCUT2D eigenvalue weighted by atomic mass is 35.5. The van der Waals surface area contributed by atoms with Crippen LogP contribution in [0.1, 0.15) is 0 Å². The predicted molar refractivity (Wildman–Crippen MR) is 120 cm³/mol. The van der Waals surface area contributed by atoms with E-state index in [4.69, 9.17) is 16.3 Å². The number of para-hydroxylation sites is 3. The molecule has 8 heteroatoms. The second-order valence-corrected chi connectivity index (χ2v) is 7.19. The quantitative estimate of drug-likeness (QED) is 0.520. The van der Waals surface area contributed by atoms with E-state index in [2.05, 4.69) is 5.32 Å². The Labute approximate surface area is 182 Å². The average molecular weight is 436 g/mol. The summed E-state index contributed by atoms with van der Waals surface area (Å²) in [6.07, 6.45) is 0. The number of carbonyl (C=O) groups excluding carboxylic acids is 1. The van der Waals surface area contributed by atoms with Crippen LogP contribution in [0.5, 0.6) is 5.75 Å². The van der Waals surface area contributed by atoms with Crippen LogP contribution in [0.25, 0.3) is 16.6 Å². The van der Waals surface area contributed by atoms with E-state index in [-0.39, 0.29) is 6.54 Å². The average Bonchev–Trinajstić information content (AvgIpc) is 2.77. The lowest BCUT2D eigenvalue weighted by Crippen LogP contribution is -2.40. The number of methoxy groups -OCH3 is 1. The maximum absolute atomic E-state index is 13.3. The normalized spacial score (nSPS) is 10.8. The summed E-state index contributed by atoms with van der Waals surface area (Å²) in [6.45, 7) is -0.293. The van der Waals surface area contributed by atoms with Gasteiger partial charge in [0.1, 0.15) is 12.3 Å². The number of nitrogens with one attached hydrogen (secondary N) is 1. The summed E-state index contributed by atoms with van der Waals surface area (Å²) >= 11 is 6.06. The first-order valence-electron chi connectivity index (χ1n) is 9.43. The molecule has 4 rings (SSSR count). The fourth-order valence-electron chi connectivity index (χ4n) is 3.40. The maximum atomic E-state index is 13.3. The number of benzene rings is 3. The van der Waals surface area contributed by atoms with Crippen LogP contribution in [-0.2, 0) is 11.3 Å². The molecule has 1 amide bonds. The molecule has 0 bridgehead atoms. The SMILES string of the molecule is COc1ccccc1NC(=O)Cn1c(=O)n(-c2cccc(Cl)c2)c(=O)c2ccccc21. The highest BCUT2D eigenvalue weighted by Crippen LogP contribution is 2.23. The minimum atomic E-state index is -0.638. The van der Waals surface area contributed by atoms with Crippen molar-refractivity contribution in [2.75, 3.05) is 12.4 Å². The number of carbonyl (C=O) groups is 1. The van der Waals surface area contributed by atoms with Crippen molar-refractivity contribution >= 4 is 34.1 Å². The molecule has 1 heterocycles. The Bertz CT molecular complexity index is 1410. The molecular formula is C23H18ClN3O4. The van der Waals surface area contributed by atoms with Crippen molar-refractivity contribution in [2.45, 2.75) is 6.54 Å². The monoisotopic (exact) mass is 435 g/mol. The topological polar surface area (TPSA) is 82.3 Å². The van der Waals surface area contributed by atoms with E-state index in [1.54, 1.807) is 66.7 Å². The van der Waals surface area contributed by atoms with Crippen LogP contribution in [-0.4, -0.2) is 22.2 Å².